The Morgan fingerprint density at radius 3 is 1.57 bits per heavy atom. The Kier molecular flexibility index (Phi) is 2.99. The fraction of sp³-hybridized carbons (Fsp3) is 1.00. The molecule has 0 fully saturated rings. The Morgan fingerprint density at radius 2 is 1.57 bits per heavy atom. The average molecular weight is 163 g/mol. The molecule has 0 heterocycles. The summed E-state index contributed by atoms with van der Waals surface area (Å²) in [4.78, 5) is 0. The monoisotopic (exact) mass is 163 g/mol. The van der Waals surface area contributed by atoms with Gasteiger partial charge >= 0.3 is 49.2 Å². The molecule has 0 unspecified atom stereocenters. The maximum atomic E-state index is 2.45. The van der Waals surface area contributed by atoms with Crippen molar-refractivity contribution in [3.63, 3.8) is 0 Å². The van der Waals surface area contributed by atoms with E-state index in [1.165, 1.54) is 11.6 Å². The number of rotatable bonds is 2. The van der Waals surface area contributed by atoms with Gasteiger partial charge in [0.05, 0.1) is 0 Å². The molecule has 0 atom stereocenters. The van der Waals surface area contributed by atoms with Gasteiger partial charge in [0.1, 0.15) is 0 Å². The van der Waals surface area contributed by atoms with Gasteiger partial charge in [0.25, 0.3) is 0 Å². The summed E-state index contributed by atoms with van der Waals surface area (Å²) in [5.74, 6) is 0. The summed E-state index contributed by atoms with van der Waals surface area (Å²) in [6, 6.07) is 0. The molecule has 0 rings (SSSR count). The van der Waals surface area contributed by atoms with Crippen LogP contribution in [0.15, 0.2) is 0 Å². The topological polar surface area (TPSA) is 0 Å². The Morgan fingerprint density at radius 1 is 1.14 bits per heavy atom. The first-order valence-corrected chi connectivity index (χ1v) is 9.82. The SMILES string of the molecule is CCC[As](C)(C)C. The summed E-state index contributed by atoms with van der Waals surface area (Å²) in [5.41, 5.74) is 7.34. The van der Waals surface area contributed by atoms with Crippen LogP contribution in [0.1, 0.15) is 13.3 Å². The molecule has 0 aliphatic heterocycles. The summed E-state index contributed by atoms with van der Waals surface area (Å²) in [7, 11) is 0. The van der Waals surface area contributed by atoms with Crippen LogP contribution in [-0.4, -0.2) is 13.6 Å². The molecule has 0 bridgehead atoms. The van der Waals surface area contributed by atoms with E-state index in [9.17, 15) is 0 Å². The van der Waals surface area contributed by atoms with Crippen molar-refractivity contribution in [2.45, 2.75) is 35.7 Å². The standard InChI is InChI=1S/C6H16As/c1-5-6-7(2,3)4/h5-6H2,1-4H3. The average Bonchev–Trinajstić information content (AvgIpc) is 1.30. The van der Waals surface area contributed by atoms with Crippen LogP contribution in [0.2, 0.25) is 22.3 Å². The first-order chi connectivity index (χ1) is 3.06. The molecule has 0 aromatic rings. The molecule has 1 heteroatoms. The molecule has 1 radical (unpaired) electrons. The van der Waals surface area contributed by atoms with Crippen molar-refractivity contribution in [2.24, 2.45) is 0 Å². The molecule has 0 amide bonds. The fourth-order valence-corrected chi connectivity index (χ4v) is 3.49. The van der Waals surface area contributed by atoms with Crippen molar-refractivity contribution >= 4 is 13.6 Å². The third-order valence-electron chi connectivity index (χ3n) is 0.894. The minimum absolute atomic E-state index is 0.944. The molecule has 0 saturated heterocycles. The van der Waals surface area contributed by atoms with Crippen molar-refractivity contribution < 1.29 is 0 Å². The minimum atomic E-state index is -0.944. The summed E-state index contributed by atoms with van der Waals surface area (Å²) in [6.45, 7) is 2.27. The van der Waals surface area contributed by atoms with Crippen LogP contribution in [0.3, 0.4) is 0 Å². The van der Waals surface area contributed by atoms with Crippen LogP contribution in [0.4, 0.5) is 0 Å². The van der Waals surface area contributed by atoms with Gasteiger partial charge in [-0.3, -0.25) is 0 Å². The zero-order valence-corrected chi connectivity index (χ0v) is 7.74. The molecule has 0 nitrogen and oxygen atoms in total. The molecular weight excluding hydrogens is 147 g/mol. The molecule has 45 valence electrons. The predicted octanol–water partition coefficient (Wildman–Crippen LogP) is 2.73. The van der Waals surface area contributed by atoms with E-state index in [-0.39, 0.29) is 0 Å². The predicted molar refractivity (Wildman–Crippen MR) is 38.4 cm³/mol. The van der Waals surface area contributed by atoms with Crippen LogP contribution in [-0.2, 0) is 0 Å². The molecule has 0 aromatic carbocycles. The van der Waals surface area contributed by atoms with Gasteiger partial charge in [0, 0.05) is 0 Å². The Bertz CT molecular complexity index is 42.6. The van der Waals surface area contributed by atoms with E-state index in [0.717, 1.165) is 0 Å². The Balaban J connectivity index is 3.15. The second kappa shape index (κ2) is 2.77. The van der Waals surface area contributed by atoms with E-state index in [1.807, 2.05) is 0 Å². The number of hydrogen-bond donors (Lipinski definition) is 0. The van der Waals surface area contributed by atoms with Crippen molar-refractivity contribution in [1.82, 2.24) is 0 Å². The maximum absolute atomic E-state index is 2.45. The van der Waals surface area contributed by atoms with Crippen molar-refractivity contribution in [1.29, 1.82) is 0 Å². The molecular formula is C6H16As. The zero-order valence-electron chi connectivity index (χ0n) is 5.86. The van der Waals surface area contributed by atoms with Crippen LogP contribution >= 0.6 is 0 Å². The van der Waals surface area contributed by atoms with Gasteiger partial charge in [-0.25, -0.2) is 0 Å². The number of hydrogen-bond acceptors (Lipinski definition) is 0. The quantitative estimate of drug-likeness (QED) is 0.549. The van der Waals surface area contributed by atoms with E-state index >= 15 is 0 Å². The molecule has 0 aliphatic carbocycles. The molecule has 7 heavy (non-hydrogen) atoms. The molecule has 0 aliphatic rings. The summed E-state index contributed by atoms with van der Waals surface area (Å²) < 4.78 is 0. The Labute approximate surface area is 49.8 Å². The fourth-order valence-electron chi connectivity index (χ4n) is 0.671. The first-order valence-electron chi connectivity index (χ1n) is 2.86. The molecule has 0 aromatic heterocycles. The van der Waals surface area contributed by atoms with Gasteiger partial charge in [-0.15, -0.1) is 0 Å². The van der Waals surface area contributed by atoms with Crippen LogP contribution in [0.5, 0.6) is 0 Å². The van der Waals surface area contributed by atoms with Crippen LogP contribution in [0.25, 0.3) is 0 Å². The Hall–Kier alpha value is 0.558. The zero-order chi connectivity index (χ0) is 5.91. The third-order valence-corrected chi connectivity index (χ3v) is 4.65. The van der Waals surface area contributed by atoms with Crippen LogP contribution in [0, 0.1) is 0 Å². The second-order valence-electron chi connectivity index (χ2n) is 3.01. The van der Waals surface area contributed by atoms with Gasteiger partial charge in [-0.05, 0) is 0 Å². The van der Waals surface area contributed by atoms with Crippen molar-refractivity contribution in [3.05, 3.63) is 0 Å². The van der Waals surface area contributed by atoms with E-state index in [0.29, 0.717) is 0 Å². The third kappa shape index (κ3) is 6.56. The first kappa shape index (κ1) is 7.56. The van der Waals surface area contributed by atoms with Crippen molar-refractivity contribution in [3.8, 4) is 0 Å². The van der Waals surface area contributed by atoms with Gasteiger partial charge < -0.3 is 0 Å². The van der Waals surface area contributed by atoms with Gasteiger partial charge in [-0.1, -0.05) is 0 Å². The normalized spacial score (nSPS) is 12.0. The molecule has 0 saturated carbocycles. The van der Waals surface area contributed by atoms with Gasteiger partial charge in [0.15, 0.2) is 0 Å². The van der Waals surface area contributed by atoms with E-state index < -0.39 is 13.6 Å². The van der Waals surface area contributed by atoms with Crippen molar-refractivity contribution in [2.75, 3.05) is 0 Å². The summed E-state index contributed by atoms with van der Waals surface area (Å²) >= 11 is -0.944. The van der Waals surface area contributed by atoms with Gasteiger partial charge in [-0.2, -0.15) is 0 Å². The van der Waals surface area contributed by atoms with E-state index in [1.54, 1.807) is 0 Å². The van der Waals surface area contributed by atoms with E-state index in [4.69, 9.17) is 0 Å². The second-order valence-corrected chi connectivity index (χ2v) is 13.6. The van der Waals surface area contributed by atoms with Crippen LogP contribution < -0.4 is 0 Å². The molecule has 0 N–H and O–H groups in total. The van der Waals surface area contributed by atoms with Gasteiger partial charge in [0.2, 0.25) is 0 Å². The summed E-state index contributed by atoms with van der Waals surface area (Å²) in [5, 5.41) is 1.51. The summed E-state index contributed by atoms with van der Waals surface area (Å²) in [6.07, 6.45) is 1.39. The van der Waals surface area contributed by atoms with E-state index in [2.05, 4.69) is 24.1 Å². The molecule has 0 spiro atoms.